The van der Waals surface area contributed by atoms with Crippen LogP contribution in [0.4, 0.5) is 0 Å². The second-order valence-corrected chi connectivity index (χ2v) is 3.22. The van der Waals surface area contributed by atoms with Crippen molar-refractivity contribution in [2.45, 2.75) is 0 Å². The molecule has 9 heteroatoms. The number of hydroxylamine groups is 1. The largest absolute Gasteiger partial charge is 0.420 e. The highest BCUT2D eigenvalue weighted by atomic mass is 32.3. The van der Waals surface area contributed by atoms with Crippen molar-refractivity contribution in [1.29, 1.82) is 5.41 Å². The third-order valence-corrected chi connectivity index (χ3v) is 1.50. The third kappa shape index (κ3) is 6.22. The van der Waals surface area contributed by atoms with Crippen LogP contribution in [0.2, 0.25) is 0 Å². The maximum absolute atomic E-state index is 10.6. The van der Waals surface area contributed by atoms with Crippen LogP contribution in [0.15, 0.2) is 0 Å². The third-order valence-electron chi connectivity index (χ3n) is 0.573. The Hall–Kier alpha value is -0.510. The van der Waals surface area contributed by atoms with Crippen LogP contribution in [0.5, 0.6) is 0 Å². The summed E-state index contributed by atoms with van der Waals surface area (Å²) in [5.41, 5.74) is 6.36. The molecule has 0 aliphatic heterocycles. The van der Waals surface area contributed by atoms with Crippen molar-refractivity contribution in [3.05, 3.63) is 0 Å². The minimum atomic E-state index is -4.12. The SMILES string of the molecule is N=C(N)NOS(=O)(=O)OCCS. The molecule has 0 aliphatic carbocycles. The Labute approximate surface area is 75.4 Å². The highest BCUT2D eigenvalue weighted by molar-refractivity contribution is 7.82. The Morgan fingerprint density at radius 3 is 2.67 bits per heavy atom. The van der Waals surface area contributed by atoms with E-state index in [0.29, 0.717) is 0 Å². The molecule has 0 amide bonds. The van der Waals surface area contributed by atoms with Gasteiger partial charge in [-0.05, 0) is 0 Å². The Morgan fingerprint density at radius 2 is 2.25 bits per heavy atom. The van der Waals surface area contributed by atoms with Crippen LogP contribution in [0, 0.1) is 5.41 Å². The van der Waals surface area contributed by atoms with E-state index in [1.807, 2.05) is 0 Å². The van der Waals surface area contributed by atoms with Gasteiger partial charge in [-0.15, -0.1) is 4.28 Å². The molecule has 0 radical (unpaired) electrons. The quantitative estimate of drug-likeness (QED) is 0.194. The van der Waals surface area contributed by atoms with Crippen LogP contribution in [0.25, 0.3) is 0 Å². The number of nitrogens with one attached hydrogen (secondary N) is 2. The van der Waals surface area contributed by atoms with Crippen LogP contribution >= 0.6 is 12.6 Å². The van der Waals surface area contributed by atoms with Crippen molar-refractivity contribution in [1.82, 2.24) is 5.48 Å². The van der Waals surface area contributed by atoms with E-state index in [1.54, 1.807) is 5.48 Å². The van der Waals surface area contributed by atoms with Gasteiger partial charge in [0.2, 0.25) is 5.96 Å². The van der Waals surface area contributed by atoms with Gasteiger partial charge in [0.05, 0.1) is 6.61 Å². The maximum atomic E-state index is 10.6. The number of rotatable bonds is 5. The fraction of sp³-hybridized carbons (Fsp3) is 0.667. The zero-order valence-electron chi connectivity index (χ0n) is 5.98. The first-order chi connectivity index (χ1) is 5.48. The first-order valence-electron chi connectivity index (χ1n) is 2.76. The molecule has 0 spiro atoms. The van der Waals surface area contributed by atoms with Gasteiger partial charge in [-0.3, -0.25) is 5.41 Å². The molecule has 0 aromatic rings. The Kier molecular flexibility index (Phi) is 4.97. The lowest BCUT2D eigenvalue weighted by atomic mass is 10.9. The number of guanidine groups is 1. The van der Waals surface area contributed by atoms with E-state index in [-0.39, 0.29) is 12.4 Å². The second kappa shape index (κ2) is 5.19. The van der Waals surface area contributed by atoms with E-state index in [1.165, 1.54) is 0 Å². The van der Waals surface area contributed by atoms with Crippen LogP contribution < -0.4 is 11.2 Å². The zero-order valence-corrected chi connectivity index (χ0v) is 7.69. The van der Waals surface area contributed by atoms with E-state index >= 15 is 0 Å². The van der Waals surface area contributed by atoms with Gasteiger partial charge in [-0.1, -0.05) is 0 Å². The predicted molar refractivity (Wildman–Crippen MR) is 44.9 cm³/mol. The van der Waals surface area contributed by atoms with Crippen LogP contribution in [0.3, 0.4) is 0 Å². The lowest BCUT2D eigenvalue weighted by Crippen LogP contribution is -2.33. The molecule has 0 bridgehead atoms. The summed E-state index contributed by atoms with van der Waals surface area (Å²) in [5.74, 6) is -0.393. The van der Waals surface area contributed by atoms with Crippen molar-refractivity contribution in [2.24, 2.45) is 5.73 Å². The zero-order chi connectivity index (χ0) is 9.61. The van der Waals surface area contributed by atoms with Crippen molar-refractivity contribution < 1.29 is 16.9 Å². The molecule has 0 aliphatic rings. The molecule has 0 rings (SSSR count). The molecule has 0 atom stereocenters. The van der Waals surface area contributed by atoms with E-state index < -0.39 is 16.4 Å². The fourth-order valence-electron chi connectivity index (χ4n) is 0.259. The fourth-order valence-corrected chi connectivity index (χ4v) is 1.00. The first-order valence-corrected chi connectivity index (χ1v) is 4.73. The lowest BCUT2D eigenvalue weighted by Gasteiger charge is -2.03. The molecule has 0 aromatic carbocycles. The van der Waals surface area contributed by atoms with Gasteiger partial charge in [0.15, 0.2) is 0 Å². The van der Waals surface area contributed by atoms with E-state index in [0.717, 1.165) is 0 Å². The molecular formula is C3H9N3O4S2. The molecule has 72 valence electrons. The molecular weight excluding hydrogens is 206 g/mol. The Balaban J connectivity index is 3.80. The molecule has 0 fully saturated rings. The van der Waals surface area contributed by atoms with Gasteiger partial charge in [0.1, 0.15) is 0 Å². The molecule has 4 N–H and O–H groups in total. The molecule has 0 heterocycles. The second-order valence-electron chi connectivity index (χ2n) is 1.55. The normalized spacial score (nSPS) is 11.1. The summed E-state index contributed by atoms with van der Waals surface area (Å²) in [4.78, 5) is 0. The molecule has 0 unspecified atom stereocenters. The summed E-state index contributed by atoms with van der Waals surface area (Å²) in [7, 11) is -4.12. The highest BCUT2D eigenvalue weighted by Gasteiger charge is 2.11. The highest BCUT2D eigenvalue weighted by Crippen LogP contribution is 1.92. The van der Waals surface area contributed by atoms with Crippen molar-refractivity contribution in [3.8, 4) is 0 Å². The average molecular weight is 215 g/mol. The van der Waals surface area contributed by atoms with Crippen LogP contribution in [-0.2, 0) is 18.9 Å². The van der Waals surface area contributed by atoms with Gasteiger partial charge in [0, 0.05) is 5.75 Å². The summed E-state index contributed by atoms with van der Waals surface area (Å²) >= 11 is 3.71. The van der Waals surface area contributed by atoms with E-state index in [2.05, 4.69) is 21.1 Å². The van der Waals surface area contributed by atoms with Crippen molar-refractivity contribution in [2.75, 3.05) is 12.4 Å². The molecule has 0 saturated carbocycles. The number of thiol groups is 1. The van der Waals surface area contributed by atoms with Gasteiger partial charge >= 0.3 is 10.4 Å². The van der Waals surface area contributed by atoms with Gasteiger partial charge < -0.3 is 5.73 Å². The van der Waals surface area contributed by atoms with Gasteiger partial charge in [-0.25, -0.2) is 9.66 Å². The van der Waals surface area contributed by atoms with Crippen molar-refractivity contribution in [3.63, 3.8) is 0 Å². The Morgan fingerprint density at radius 1 is 1.67 bits per heavy atom. The minimum absolute atomic E-state index is 0.106. The van der Waals surface area contributed by atoms with E-state index in [4.69, 9.17) is 11.1 Å². The summed E-state index contributed by atoms with van der Waals surface area (Å²) in [6.45, 7) is -0.106. The number of hydrogen-bond donors (Lipinski definition) is 4. The van der Waals surface area contributed by atoms with Crippen molar-refractivity contribution >= 4 is 29.0 Å². The molecule has 12 heavy (non-hydrogen) atoms. The predicted octanol–water partition coefficient (Wildman–Crippen LogP) is -1.41. The van der Waals surface area contributed by atoms with Crippen LogP contribution in [-0.4, -0.2) is 26.7 Å². The van der Waals surface area contributed by atoms with Gasteiger partial charge in [-0.2, -0.15) is 21.0 Å². The smallest absolute Gasteiger partial charge is 0.368 e. The maximum Gasteiger partial charge on any atom is 0.420 e. The molecule has 0 saturated heterocycles. The monoisotopic (exact) mass is 215 g/mol. The number of hydrogen-bond acceptors (Lipinski definition) is 6. The molecule has 0 aromatic heterocycles. The first kappa shape index (κ1) is 11.5. The summed E-state index contributed by atoms with van der Waals surface area (Å²) in [5, 5.41) is 6.56. The number of nitrogens with two attached hydrogens (primary N) is 1. The summed E-state index contributed by atoms with van der Waals surface area (Å²) in [6, 6.07) is 0. The standard InChI is InChI=1S/C3H9N3O4S2/c4-3(5)6-10-12(7,8)9-1-2-11/h11H,1-2H2,(H4,4,5,6). The summed E-state index contributed by atoms with van der Waals surface area (Å²) in [6.07, 6.45) is 0. The summed E-state index contributed by atoms with van der Waals surface area (Å²) < 4.78 is 29.3. The minimum Gasteiger partial charge on any atom is -0.368 e. The molecule has 7 nitrogen and oxygen atoms in total. The van der Waals surface area contributed by atoms with E-state index in [9.17, 15) is 8.42 Å². The van der Waals surface area contributed by atoms with Gasteiger partial charge in [0.25, 0.3) is 0 Å². The topological polar surface area (TPSA) is 115 Å². The average Bonchev–Trinajstić information content (AvgIpc) is 1.98. The Bertz CT molecular complexity index is 238. The van der Waals surface area contributed by atoms with Crippen LogP contribution in [0.1, 0.15) is 0 Å². The lowest BCUT2D eigenvalue weighted by molar-refractivity contribution is 0.191.